The lowest BCUT2D eigenvalue weighted by molar-refractivity contribution is 0.276. The van der Waals surface area contributed by atoms with E-state index in [0.29, 0.717) is 41.7 Å². The van der Waals surface area contributed by atoms with Gasteiger partial charge in [-0.25, -0.2) is 4.98 Å². The van der Waals surface area contributed by atoms with E-state index in [4.69, 9.17) is 15.2 Å². The van der Waals surface area contributed by atoms with Gasteiger partial charge in [0.05, 0.1) is 28.6 Å². The van der Waals surface area contributed by atoms with Gasteiger partial charge in [0.1, 0.15) is 0 Å². The fraction of sp³-hybridized carbons (Fsp3) is 0.545. The number of fused-ring (bicyclic) bond motifs is 1. The zero-order valence-electron chi connectivity index (χ0n) is 18.5. The number of aromatic amines is 1. The summed E-state index contributed by atoms with van der Waals surface area (Å²) < 4.78 is 0.979. The third kappa shape index (κ3) is 5.54. The monoisotopic (exact) mass is 454 g/mol. The first kappa shape index (κ1) is 22.5. The molecule has 3 aromatic rings. The van der Waals surface area contributed by atoms with Crippen molar-refractivity contribution in [1.82, 2.24) is 25.5 Å². The standard InChI is InChI=1S/C22H30N8OS/c1-13-4-5-15(24-7-3-6-23)10-16(8-13)25-22-26-18-9-14(2)32-20(18)21(28-22)27-19-11-17(12-31)29-30-19/h9,11,13,15-16,24,31H,3-5,7-8,10,12H2,1-2H3,(H3,25,26,27,28,29,30). The van der Waals surface area contributed by atoms with Crippen molar-refractivity contribution in [3.8, 4) is 6.07 Å². The van der Waals surface area contributed by atoms with Crippen LogP contribution in [-0.4, -0.2) is 43.9 Å². The molecule has 4 rings (SSSR count). The molecule has 0 saturated heterocycles. The molecule has 0 radical (unpaired) electrons. The van der Waals surface area contributed by atoms with Crippen LogP contribution in [0.3, 0.4) is 0 Å². The molecule has 1 aliphatic carbocycles. The minimum absolute atomic E-state index is 0.0950. The van der Waals surface area contributed by atoms with Gasteiger partial charge < -0.3 is 21.1 Å². The molecule has 3 aromatic heterocycles. The Morgan fingerprint density at radius 2 is 2.12 bits per heavy atom. The topological polar surface area (TPSA) is 135 Å². The number of hydrogen-bond donors (Lipinski definition) is 5. The number of nitrogens with zero attached hydrogens (tertiary/aromatic N) is 4. The summed E-state index contributed by atoms with van der Waals surface area (Å²) in [6, 6.07) is 6.69. The van der Waals surface area contributed by atoms with Crippen LogP contribution in [0.4, 0.5) is 17.6 Å². The summed E-state index contributed by atoms with van der Waals surface area (Å²) in [6.45, 7) is 4.99. The molecule has 1 aliphatic rings. The zero-order chi connectivity index (χ0) is 22.5. The first-order valence-corrected chi connectivity index (χ1v) is 11.9. The maximum Gasteiger partial charge on any atom is 0.225 e. The van der Waals surface area contributed by atoms with Crippen molar-refractivity contribution in [3.05, 3.63) is 22.7 Å². The van der Waals surface area contributed by atoms with E-state index in [1.807, 2.05) is 0 Å². The van der Waals surface area contributed by atoms with Crippen molar-refractivity contribution >= 4 is 39.1 Å². The van der Waals surface area contributed by atoms with Gasteiger partial charge >= 0.3 is 0 Å². The van der Waals surface area contributed by atoms with E-state index in [9.17, 15) is 5.11 Å². The molecular weight excluding hydrogens is 424 g/mol. The summed E-state index contributed by atoms with van der Waals surface area (Å²) in [6.07, 6.45) is 4.85. The van der Waals surface area contributed by atoms with E-state index in [1.54, 1.807) is 17.4 Å². The number of hydrogen-bond acceptors (Lipinski definition) is 9. The quantitative estimate of drug-likeness (QED) is 0.256. The predicted molar refractivity (Wildman–Crippen MR) is 127 cm³/mol. The van der Waals surface area contributed by atoms with Crippen molar-refractivity contribution in [1.29, 1.82) is 5.26 Å². The van der Waals surface area contributed by atoms with Crippen LogP contribution in [0.1, 0.15) is 49.6 Å². The van der Waals surface area contributed by atoms with Gasteiger partial charge in [-0.15, -0.1) is 11.3 Å². The van der Waals surface area contributed by atoms with Crippen LogP contribution in [0, 0.1) is 24.2 Å². The minimum Gasteiger partial charge on any atom is -0.390 e. The number of rotatable bonds is 8. The van der Waals surface area contributed by atoms with Crippen LogP contribution in [-0.2, 0) is 6.61 Å². The average molecular weight is 455 g/mol. The van der Waals surface area contributed by atoms with E-state index in [1.165, 1.54) is 6.42 Å². The van der Waals surface area contributed by atoms with Crippen LogP contribution in [0.5, 0.6) is 0 Å². The number of aromatic nitrogens is 4. The summed E-state index contributed by atoms with van der Waals surface area (Å²) in [4.78, 5) is 10.7. The number of nitriles is 1. The molecule has 3 atom stereocenters. The number of nitrogens with one attached hydrogen (secondary N) is 4. The number of aliphatic hydroxyl groups is 1. The van der Waals surface area contributed by atoms with Crippen LogP contribution in [0.15, 0.2) is 12.1 Å². The highest BCUT2D eigenvalue weighted by Gasteiger charge is 2.24. The number of aryl methyl sites for hydroxylation is 1. The Bertz CT molecular complexity index is 1090. The fourth-order valence-corrected chi connectivity index (χ4v) is 5.19. The van der Waals surface area contributed by atoms with Crippen LogP contribution in [0.25, 0.3) is 10.2 Å². The lowest BCUT2D eigenvalue weighted by atomic mass is 10.0. The van der Waals surface area contributed by atoms with Gasteiger partial charge in [-0.3, -0.25) is 5.10 Å². The lowest BCUT2D eigenvalue weighted by Gasteiger charge is -2.22. The number of H-pyrrole nitrogens is 1. The molecule has 0 aliphatic heterocycles. The molecule has 170 valence electrons. The van der Waals surface area contributed by atoms with Gasteiger partial charge in [0.15, 0.2) is 11.6 Å². The summed E-state index contributed by atoms with van der Waals surface area (Å²) in [5.41, 5.74) is 1.54. The Kier molecular flexibility index (Phi) is 7.19. The fourth-order valence-electron chi connectivity index (χ4n) is 4.29. The highest BCUT2D eigenvalue weighted by Crippen LogP contribution is 2.33. The first-order chi connectivity index (χ1) is 15.5. The second-order valence-corrected chi connectivity index (χ2v) is 9.84. The Morgan fingerprint density at radius 3 is 2.91 bits per heavy atom. The highest BCUT2D eigenvalue weighted by molar-refractivity contribution is 7.19. The molecule has 0 bridgehead atoms. The Morgan fingerprint density at radius 1 is 1.25 bits per heavy atom. The average Bonchev–Trinajstić information content (AvgIpc) is 3.32. The summed E-state index contributed by atoms with van der Waals surface area (Å²) >= 11 is 1.64. The van der Waals surface area contributed by atoms with Crippen LogP contribution in [0.2, 0.25) is 0 Å². The van der Waals surface area contributed by atoms with Gasteiger partial charge in [-0.05, 0) is 44.6 Å². The molecule has 9 nitrogen and oxygen atoms in total. The van der Waals surface area contributed by atoms with E-state index in [-0.39, 0.29) is 12.6 Å². The van der Waals surface area contributed by atoms with Gasteiger partial charge in [0, 0.05) is 36.0 Å². The molecule has 1 saturated carbocycles. The molecule has 10 heteroatoms. The molecule has 3 unspecified atom stereocenters. The third-order valence-corrected chi connectivity index (χ3v) is 6.86. The van der Waals surface area contributed by atoms with E-state index in [2.05, 4.69) is 52.1 Å². The minimum atomic E-state index is -0.0950. The van der Waals surface area contributed by atoms with E-state index in [0.717, 1.165) is 40.9 Å². The second-order valence-electron chi connectivity index (χ2n) is 8.58. The van der Waals surface area contributed by atoms with Crippen LogP contribution >= 0.6 is 11.3 Å². The Labute approximate surface area is 191 Å². The second kappa shape index (κ2) is 10.3. The molecule has 0 spiro atoms. The highest BCUT2D eigenvalue weighted by atomic mass is 32.1. The summed E-state index contributed by atoms with van der Waals surface area (Å²) in [7, 11) is 0. The molecule has 1 fully saturated rings. The Hall–Kier alpha value is -2.74. The lowest BCUT2D eigenvalue weighted by Crippen LogP contribution is -2.34. The van der Waals surface area contributed by atoms with Crippen molar-refractivity contribution < 1.29 is 5.11 Å². The van der Waals surface area contributed by atoms with Gasteiger partial charge in [0.2, 0.25) is 5.95 Å². The molecular formula is C22H30N8OS. The third-order valence-electron chi connectivity index (χ3n) is 5.81. The first-order valence-electron chi connectivity index (χ1n) is 11.1. The number of aliphatic hydroxyl groups excluding tert-OH is 1. The smallest absolute Gasteiger partial charge is 0.225 e. The predicted octanol–water partition coefficient (Wildman–Crippen LogP) is 3.82. The maximum atomic E-state index is 9.30. The van der Waals surface area contributed by atoms with Crippen molar-refractivity contribution in [3.63, 3.8) is 0 Å². The maximum absolute atomic E-state index is 9.30. The SMILES string of the molecule is Cc1cc2nc(NC3CC(C)CCC(NCCC#N)C3)nc(Nc3cc(CO)[nH]n3)c2s1. The van der Waals surface area contributed by atoms with Gasteiger partial charge in [-0.1, -0.05) is 6.92 Å². The number of anilines is 3. The number of thiophene rings is 1. The van der Waals surface area contributed by atoms with Crippen molar-refractivity contribution in [2.45, 2.75) is 64.6 Å². The molecule has 5 N–H and O–H groups in total. The van der Waals surface area contributed by atoms with E-state index >= 15 is 0 Å². The van der Waals surface area contributed by atoms with Crippen molar-refractivity contribution in [2.75, 3.05) is 17.2 Å². The Balaban J connectivity index is 1.55. The molecule has 0 aromatic carbocycles. The largest absolute Gasteiger partial charge is 0.390 e. The molecule has 3 heterocycles. The molecule has 32 heavy (non-hydrogen) atoms. The zero-order valence-corrected chi connectivity index (χ0v) is 19.3. The summed E-state index contributed by atoms with van der Waals surface area (Å²) in [5, 5.41) is 35.5. The molecule has 0 amide bonds. The van der Waals surface area contributed by atoms with E-state index < -0.39 is 0 Å². The van der Waals surface area contributed by atoms with Gasteiger partial charge in [0.25, 0.3) is 0 Å². The van der Waals surface area contributed by atoms with Crippen molar-refractivity contribution in [2.24, 2.45) is 5.92 Å². The summed E-state index contributed by atoms with van der Waals surface area (Å²) in [5.74, 6) is 2.53. The van der Waals surface area contributed by atoms with Crippen LogP contribution < -0.4 is 16.0 Å². The van der Waals surface area contributed by atoms with Gasteiger partial charge in [-0.2, -0.15) is 15.3 Å². The normalized spacial score (nSPS) is 21.2.